The molecule has 0 heterocycles. The van der Waals surface area contributed by atoms with Gasteiger partial charge in [-0.2, -0.15) is 0 Å². The molecule has 0 saturated heterocycles. The van der Waals surface area contributed by atoms with Crippen LogP contribution in [-0.4, -0.2) is 74.8 Å². The molecule has 5 aromatic carbocycles. The minimum Gasteiger partial charge on any atom is -0.474 e. The topological polar surface area (TPSA) is 192 Å². The summed E-state index contributed by atoms with van der Waals surface area (Å²) in [4.78, 5) is 74.9. The average Bonchev–Trinajstić information content (AvgIpc) is 3.61. The second-order valence-electron chi connectivity index (χ2n) is 19.3. The van der Waals surface area contributed by atoms with E-state index in [1.807, 2.05) is 12.1 Å². The lowest BCUT2D eigenvalue weighted by Crippen LogP contribution is -2.35. The molecule has 0 aliphatic heterocycles. The minimum atomic E-state index is -4.90. The molecule has 0 aliphatic rings. The molecule has 444 valence electrons. The lowest BCUT2D eigenvalue weighted by molar-refractivity contribution is -0.275. The number of aliphatic carboxylic acids is 2. The molecular formula is C60H68Br2F6N4O10. The molecule has 4 amide bonds. The fourth-order valence-electron chi connectivity index (χ4n) is 8.44. The van der Waals surface area contributed by atoms with Gasteiger partial charge in [0.25, 0.3) is 11.8 Å². The molecule has 0 fully saturated rings. The number of hydrogen-bond donors (Lipinski definition) is 4. The Morgan fingerprint density at radius 3 is 1.29 bits per heavy atom. The van der Waals surface area contributed by atoms with Crippen molar-refractivity contribution in [2.45, 2.75) is 149 Å². The number of alkyl halides is 6. The number of rotatable bonds is 29. The predicted molar refractivity (Wildman–Crippen MR) is 303 cm³/mol. The van der Waals surface area contributed by atoms with Crippen LogP contribution in [0.3, 0.4) is 0 Å². The van der Waals surface area contributed by atoms with E-state index in [4.69, 9.17) is 0 Å². The van der Waals surface area contributed by atoms with Crippen molar-refractivity contribution < 1.29 is 74.8 Å². The van der Waals surface area contributed by atoms with Crippen LogP contribution in [0.4, 0.5) is 26.3 Å². The van der Waals surface area contributed by atoms with Gasteiger partial charge in [-0.25, -0.2) is 9.59 Å². The standard InChI is InChI=1S/C30H30BrF3N2O5.C30H38BrF3N2O5/c1-2-3-4-6-20-9-11-21(12-10-20)17-35-27(37)23-13-14-24(26(31)16-23)19-36(28(38)29(39)40)18-22-7-5-8-25(15-22)41-30(32,33)34;1-2-3-4-5-6-7-8-9-10-11-17-35-27(37)23-15-16-24(26(31)19-23)21-36(28(38)29(39)40)20-22-13-12-14-25(18-22)41-30(32,33)34/h5,7-16H,2-4,6,17-19H2,1H3,(H,35,37)(H,39,40);12-16,18-19H,2-11,17,20-21H2,1H3,(H,35,37)(H,39,40). The number of carboxylic acids is 2. The number of nitrogens with zero attached hydrogens (tertiary/aromatic N) is 2. The Kier molecular flexibility index (Phi) is 28.4. The van der Waals surface area contributed by atoms with Crippen LogP contribution in [0.25, 0.3) is 0 Å². The molecule has 0 radical (unpaired) electrons. The first-order valence-electron chi connectivity index (χ1n) is 26.9. The molecule has 0 aromatic heterocycles. The Morgan fingerprint density at radius 1 is 0.476 bits per heavy atom. The lowest BCUT2D eigenvalue weighted by Gasteiger charge is -2.22. The van der Waals surface area contributed by atoms with Crippen LogP contribution in [0.1, 0.15) is 151 Å². The summed E-state index contributed by atoms with van der Waals surface area (Å²) < 4.78 is 84.3. The summed E-state index contributed by atoms with van der Waals surface area (Å²) in [6.07, 6.45) is 6.77. The number of aryl methyl sites for hydroxylation is 1. The molecule has 82 heavy (non-hydrogen) atoms. The highest BCUT2D eigenvalue weighted by Crippen LogP contribution is 2.28. The molecule has 0 spiro atoms. The summed E-state index contributed by atoms with van der Waals surface area (Å²) in [5.74, 6) is -7.41. The second kappa shape index (κ2) is 34.5. The molecule has 14 nitrogen and oxygen atoms in total. The summed E-state index contributed by atoms with van der Waals surface area (Å²) in [7, 11) is 0. The summed E-state index contributed by atoms with van der Waals surface area (Å²) in [5.41, 5.74) is 4.48. The minimum absolute atomic E-state index is 0.156. The Labute approximate surface area is 490 Å². The number of carboxylic acid groups (broad SMARTS) is 2. The zero-order valence-corrected chi connectivity index (χ0v) is 48.8. The van der Waals surface area contributed by atoms with E-state index in [9.17, 15) is 65.3 Å². The van der Waals surface area contributed by atoms with Gasteiger partial charge in [0, 0.05) is 59.3 Å². The van der Waals surface area contributed by atoms with E-state index in [1.165, 1.54) is 87.6 Å². The maximum Gasteiger partial charge on any atom is 0.573 e. The first kappa shape index (κ1) is 67.6. The van der Waals surface area contributed by atoms with Crippen LogP contribution in [0, 0.1) is 0 Å². The molecule has 0 bridgehead atoms. The summed E-state index contributed by atoms with van der Waals surface area (Å²) >= 11 is 6.77. The maximum absolute atomic E-state index is 12.7. The number of amides is 4. The van der Waals surface area contributed by atoms with Crippen molar-refractivity contribution in [3.05, 3.63) is 163 Å². The Balaban J connectivity index is 0.000000352. The zero-order valence-electron chi connectivity index (χ0n) is 45.6. The Hall–Kier alpha value is -6.94. The Morgan fingerprint density at radius 2 is 0.878 bits per heavy atom. The molecule has 0 saturated carbocycles. The maximum atomic E-state index is 12.7. The molecule has 5 rings (SSSR count). The third-order valence-electron chi connectivity index (χ3n) is 12.7. The van der Waals surface area contributed by atoms with Gasteiger partial charge < -0.3 is 40.1 Å². The third-order valence-corrected chi connectivity index (χ3v) is 14.1. The van der Waals surface area contributed by atoms with Gasteiger partial charge >= 0.3 is 36.5 Å². The van der Waals surface area contributed by atoms with E-state index in [1.54, 1.807) is 36.4 Å². The van der Waals surface area contributed by atoms with Crippen LogP contribution in [0.5, 0.6) is 11.5 Å². The van der Waals surface area contributed by atoms with Crippen LogP contribution in [0.15, 0.2) is 118 Å². The SMILES string of the molecule is CCCCCCCCCCCCNC(=O)c1ccc(CN(Cc2cccc(OC(F)(F)F)c2)C(=O)C(=O)O)c(Br)c1.CCCCCc1ccc(CNC(=O)c2ccc(CN(Cc3cccc(OC(F)(F)F)c3)C(=O)C(=O)O)c(Br)c2)cc1. The lowest BCUT2D eigenvalue weighted by atomic mass is 10.1. The quantitative estimate of drug-likeness (QED) is 0.0203. The normalized spacial score (nSPS) is 11.2. The van der Waals surface area contributed by atoms with E-state index in [0.29, 0.717) is 44.3 Å². The van der Waals surface area contributed by atoms with Gasteiger partial charge in [-0.1, -0.05) is 177 Å². The van der Waals surface area contributed by atoms with Crippen molar-refractivity contribution in [2.75, 3.05) is 6.54 Å². The summed E-state index contributed by atoms with van der Waals surface area (Å²) in [6, 6.07) is 27.5. The third kappa shape index (κ3) is 25.5. The van der Waals surface area contributed by atoms with Crippen molar-refractivity contribution in [1.82, 2.24) is 20.4 Å². The summed E-state index contributed by atoms with van der Waals surface area (Å²) in [5, 5.41) is 24.3. The smallest absolute Gasteiger partial charge is 0.474 e. The molecule has 0 aliphatic carbocycles. The van der Waals surface area contributed by atoms with Gasteiger partial charge in [-0.3, -0.25) is 19.2 Å². The van der Waals surface area contributed by atoms with Crippen molar-refractivity contribution in [3.63, 3.8) is 0 Å². The predicted octanol–water partition coefficient (Wildman–Crippen LogP) is 14.2. The van der Waals surface area contributed by atoms with E-state index < -0.39 is 48.0 Å². The number of ether oxygens (including phenoxy) is 2. The van der Waals surface area contributed by atoms with Gasteiger partial charge in [0.15, 0.2) is 0 Å². The van der Waals surface area contributed by atoms with Gasteiger partial charge in [0.2, 0.25) is 0 Å². The largest absolute Gasteiger partial charge is 0.573 e. The second-order valence-corrected chi connectivity index (χ2v) is 21.0. The first-order valence-corrected chi connectivity index (χ1v) is 28.5. The molecule has 4 N–H and O–H groups in total. The van der Waals surface area contributed by atoms with Gasteiger partial charge in [-0.15, -0.1) is 26.3 Å². The number of carbonyl (C=O) groups excluding carboxylic acids is 4. The average molecular weight is 1280 g/mol. The van der Waals surface area contributed by atoms with E-state index in [2.05, 4.69) is 77.9 Å². The van der Waals surface area contributed by atoms with Crippen molar-refractivity contribution >= 4 is 67.4 Å². The number of carbonyl (C=O) groups is 6. The highest BCUT2D eigenvalue weighted by molar-refractivity contribution is 9.10. The molecule has 0 unspecified atom stereocenters. The fourth-order valence-corrected chi connectivity index (χ4v) is 9.45. The van der Waals surface area contributed by atoms with Crippen LogP contribution < -0.4 is 20.1 Å². The van der Waals surface area contributed by atoms with Crippen LogP contribution in [-0.2, 0) is 58.3 Å². The van der Waals surface area contributed by atoms with E-state index in [0.717, 1.165) is 71.7 Å². The van der Waals surface area contributed by atoms with Crippen LogP contribution in [0.2, 0.25) is 0 Å². The highest BCUT2D eigenvalue weighted by atomic mass is 79.9. The first-order chi connectivity index (χ1) is 38.9. The monoisotopic (exact) mass is 1280 g/mol. The Bertz CT molecular complexity index is 2890. The van der Waals surface area contributed by atoms with Crippen molar-refractivity contribution in [1.29, 1.82) is 0 Å². The van der Waals surface area contributed by atoms with E-state index in [-0.39, 0.29) is 49.1 Å². The zero-order chi connectivity index (χ0) is 60.2. The summed E-state index contributed by atoms with van der Waals surface area (Å²) in [6.45, 7) is 4.39. The molecule has 5 aromatic rings. The van der Waals surface area contributed by atoms with Gasteiger partial charge in [0.05, 0.1) is 0 Å². The fraction of sp³-hybridized carbons (Fsp3) is 0.400. The number of benzene rings is 5. The van der Waals surface area contributed by atoms with Gasteiger partial charge in [-0.05, 0) is 101 Å². The number of halogens is 8. The number of hydrogen-bond acceptors (Lipinski definition) is 8. The molecule has 0 atom stereocenters. The van der Waals surface area contributed by atoms with E-state index >= 15 is 0 Å². The van der Waals surface area contributed by atoms with Crippen molar-refractivity contribution in [3.8, 4) is 11.5 Å². The van der Waals surface area contributed by atoms with Crippen LogP contribution >= 0.6 is 31.9 Å². The highest BCUT2D eigenvalue weighted by Gasteiger charge is 2.32. The number of unbranched alkanes of at least 4 members (excludes halogenated alkanes) is 11. The van der Waals surface area contributed by atoms with Crippen molar-refractivity contribution in [2.24, 2.45) is 0 Å². The van der Waals surface area contributed by atoms with Gasteiger partial charge in [0.1, 0.15) is 11.5 Å². The molecule has 22 heteroatoms. The molecular weight excluding hydrogens is 1210 g/mol. The number of nitrogens with one attached hydrogen (secondary N) is 2.